The molecule has 1 fully saturated rings. The van der Waals surface area contributed by atoms with Crippen LogP contribution in [0.15, 0.2) is 47.1 Å². The van der Waals surface area contributed by atoms with Crippen molar-refractivity contribution in [3.63, 3.8) is 0 Å². The number of ether oxygens (including phenoxy) is 1. The molecule has 1 unspecified atom stereocenters. The first-order chi connectivity index (χ1) is 10.7. The number of hydrogen-bond donors (Lipinski definition) is 0. The zero-order valence-corrected chi connectivity index (χ0v) is 12.4. The fourth-order valence-electron chi connectivity index (χ4n) is 2.42. The van der Waals surface area contributed by atoms with E-state index in [4.69, 9.17) is 9.15 Å². The van der Waals surface area contributed by atoms with Crippen molar-refractivity contribution >= 4 is 12.0 Å². The van der Waals surface area contributed by atoms with Gasteiger partial charge in [0.25, 0.3) is 0 Å². The number of rotatable bonds is 4. The Balaban J connectivity index is 1.54. The van der Waals surface area contributed by atoms with Gasteiger partial charge in [-0.3, -0.25) is 4.79 Å². The minimum Gasteiger partial charge on any atom is -0.472 e. The average molecular weight is 298 g/mol. The molecule has 0 N–H and O–H groups in total. The first-order valence-corrected chi connectivity index (χ1v) is 7.31. The molecule has 2 aromatic heterocycles. The largest absolute Gasteiger partial charge is 0.472 e. The van der Waals surface area contributed by atoms with E-state index >= 15 is 0 Å². The van der Waals surface area contributed by atoms with Gasteiger partial charge in [-0.1, -0.05) is 6.07 Å². The highest BCUT2D eigenvalue weighted by atomic mass is 16.5. The lowest BCUT2D eigenvalue weighted by Gasteiger charge is -2.15. The normalized spacial score (nSPS) is 18.0. The van der Waals surface area contributed by atoms with Gasteiger partial charge in [-0.25, -0.2) is 4.98 Å². The van der Waals surface area contributed by atoms with Gasteiger partial charge in [-0.2, -0.15) is 0 Å². The summed E-state index contributed by atoms with van der Waals surface area (Å²) in [5, 5.41) is 0. The zero-order chi connectivity index (χ0) is 15.4. The van der Waals surface area contributed by atoms with Gasteiger partial charge in [0.15, 0.2) is 0 Å². The number of furan rings is 1. The molecule has 0 bridgehead atoms. The Morgan fingerprint density at radius 2 is 2.32 bits per heavy atom. The van der Waals surface area contributed by atoms with E-state index in [1.807, 2.05) is 31.2 Å². The maximum absolute atomic E-state index is 12.1. The third-order valence-electron chi connectivity index (χ3n) is 3.54. The summed E-state index contributed by atoms with van der Waals surface area (Å²) in [5.74, 6) is 1.26. The maximum Gasteiger partial charge on any atom is 0.246 e. The molecule has 22 heavy (non-hydrogen) atoms. The Hall–Kier alpha value is -2.56. The highest BCUT2D eigenvalue weighted by molar-refractivity contribution is 5.91. The molecule has 3 rings (SSSR count). The number of aryl methyl sites for hydroxylation is 1. The number of hydrogen-bond acceptors (Lipinski definition) is 4. The van der Waals surface area contributed by atoms with Crippen LogP contribution in [0.4, 0.5) is 0 Å². The van der Waals surface area contributed by atoms with Gasteiger partial charge in [0.2, 0.25) is 11.8 Å². The standard InChI is InChI=1S/C17H18N2O3/c1-13-4-2-6-16(18-13)22-15-9-10-19(12-15)17(20)8-7-14-5-3-11-21-14/h2-8,11,15H,9-10,12H2,1H3/b8-7+. The highest BCUT2D eigenvalue weighted by Crippen LogP contribution is 2.17. The zero-order valence-electron chi connectivity index (χ0n) is 12.4. The van der Waals surface area contributed by atoms with Crippen LogP contribution in [0.25, 0.3) is 6.08 Å². The quantitative estimate of drug-likeness (QED) is 0.814. The van der Waals surface area contributed by atoms with Crippen LogP contribution in [-0.2, 0) is 4.79 Å². The number of pyridine rings is 1. The molecule has 0 saturated carbocycles. The average Bonchev–Trinajstić information content (AvgIpc) is 3.16. The van der Waals surface area contributed by atoms with Crippen molar-refractivity contribution in [2.75, 3.05) is 13.1 Å². The van der Waals surface area contributed by atoms with Crippen LogP contribution >= 0.6 is 0 Å². The molecule has 3 heterocycles. The molecule has 1 amide bonds. The number of carbonyl (C=O) groups excluding carboxylic acids is 1. The van der Waals surface area contributed by atoms with Crippen molar-refractivity contribution in [2.24, 2.45) is 0 Å². The molecule has 0 aliphatic carbocycles. The Kier molecular flexibility index (Phi) is 4.23. The van der Waals surface area contributed by atoms with E-state index in [2.05, 4.69) is 4.98 Å². The number of likely N-dealkylation sites (tertiary alicyclic amines) is 1. The number of carbonyl (C=O) groups is 1. The molecule has 1 aliphatic rings. The van der Waals surface area contributed by atoms with E-state index in [1.165, 1.54) is 6.08 Å². The van der Waals surface area contributed by atoms with Gasteiger partial charge in [-0.15, -0.1) is 0 Å². The summed E-state index contributed by atoms with van der Waals surface area (Å²) < 4.78 is 11.0. The SMILES string of the molecule is Cc1cccc(OC2CCN(C(=O)/C=C/c3ccco3)C2)n1. The van der Waals surface area contributed by atoms with Crippen molar-refractivity contribution in [3.05, 3.63) is 54.1 Å². The van der Waals surface area contributed by atoms with Crippen LogP contribution in [0.1, 0.15) is 17.9 Å². The van der Waals surface area contributed by atoms with E-state index in [1.54, 1.807) is 23.3 Å². The van der Waals surface area contributed by atoms with Crippen LogP contribution in [0.3, 0.4) is 0 Å². The van der Waals surface area contributed by atoms with Gasteiger partial charge < -0.3 is 14.1 Å². The molecule has 1 saturated heterocycles. The second-order valence-electron chi connectivity index (χ2n) is 5.28. The molecule has 0 spiro atoms. The van der Waals surface area contributed by atoms with Gasteiger partial charge >= 0.3 is 0 Å². The Bertz CT molecular complexity index is 664. The molecule has 0 radical (unpaired) electrons. The third-order valence-corrected chi connectivity index (χ3v) is 3.54. The monoisotopic (exact) mass is 298 g/mol. The number of aromatic nitrogens is 1. The lowest BCUT2D eigenvalue weighted by Crippen LogP contribution is -2.29. The Labute approximate surface area is 129 Å². The third kappa shape index (κ3) is 3.55. The minimum absolute atomic E-state index is 0.00439. The molecule has 5 nitrogen and oxygen atoms in total. The van der Waals surface area contributed by atoms with E-state index in [0.29, 0.717) is 24.7 Å². The van der Waals surface area contributed by atoms with Crippen molar-refractivity contribution in [1.82, 2.24) is 9.88 Å². The topological polar surface area (TPSA) is 55.6 Å². The van der Waals surface area contributed by atoms with Gasteiger partial charge in [0, 0.05) is 30.8 Å². The first-order valence-electron chi connectivity index (χ1n) is 7.31. The summed E-state index contributed by atoms with van der Waals surface area (Å²) in [6.45, 7) is 3.20. The van der Waals surface area contributed by atoms with Gasteiger partial charge in [0.05, 0.1) is 12.8 Å². The fraction of sp³-hybridized carbons (Fsp3) is 0.294. The molecular formula is C17H18N2O3. The van der Waals surface area contributed by atoms with E-state index in [9.17, 15) is 4.79 Å². The summed E-state index contributed by atoms with van der Waals surface area (Å²) in [7, 11) is 0. The molecule has 114 valence electrons. The van der Waals surface area contributed by atoms with E-state index < -0.39 is 0 Å². The summed E-state index contributed by atoms with van der Waals surface area (Å²) in [5.41, 5.74) is 0.921. The van der Waals surface area contributed by atoms with Crippen LogP contribution in [-0.4, -0.2) is 35.0 Å². The van der Waals surface area contributed by atoms with Crippen molar-refractivity contribution in [2.45, 2.75) is 19.4 Å². The highest BCUT2D eigenvalue weighted by Gasteiger charge is 2.26. The summed E-state index contributed by atoms with van der Waals surface area (Å²) >= 11 is 0. The maximum atomic E-state index is 12.1. The Morgan fingerprint density at radius 3 is 3.09 bits per heavy atom. The molecule has 0 aromatic carbocycles. The van der Waals surface area contributed by atoms with Gasteiger partial charge in [-0.05, 0) is 31.2 Å². The summed E-state index contributed by atoms with van der Waals surface area (Å²) in [6.07, 6.45) is 5.61. The molecular weight excluding hydrogens is 280 g/mol. The van der Waals surface area contributed by atoms with Crippen molar-refractivity contribution in [3.8, 4) is 5.88 Å². The summed E-state index contributed by atoms with van der Waals surface area (Å²) in [4.78, 5) is 18.2. The lowest BCUT2D eigenvalue weighted by atomic mass is 10.3. The first kappa shape index (κ1) is 14.4. The van der Waals surface area contributed by atoms with Crippen LogP contribution in [0.2, 0.25) is 0 Å². The smallest absolute Gasteiger partial charge is 0.246 e. The number of nitrogens with zero attached hydrogens (tertiary/aromatic N) is 2. The van der Waals surface area contributed by atoms with Crippen LogP contribution in [0.5, 0.6) is 5.88 Å². The molecule has 2 aromatic rings. The second-order valence-corrected chi connectivity index (χ2v) is 5.28. The molecule has 5 heteroatoms. The minimum atomic E-state index is -0.0281. The Morgan fingerprint density at radius 1 is 1.41 bits per heavy atom. The molecule has 1 aliphatic heterocycles. The second kappa shape index (κ2) is 6.47. The predicted molar refractivity (Wildman–Crippen MR) is 82.3 cm³/mol. The lowest BCUT2D eigenvalue weighted by molar-refractivity contribution is -0.125. The predicted octanol–water partition coefficient (Wildman–Crippen LogP) is 2.68. The summed E-state index contributed by atoms with van der Waals surface area (Å²) in [6, 6.07) is 9.29. The fourth-order valence-corrected chi connectivity index (χ4v) is 2.42. The molecule has 1 atom stereocenters. The van der Waals surface area contributed by atoms with Gasteiger partial charge in [0.1, 0.15) is 11.9 Å². The van der Waals surface area contributed by atoms with E-state index in [-0.39, 0.29) is 12.0 Å². The van der Waals surface area contributed by atoms with Crippen molar-refractivity contribution in [1.29, 1.82) is 0 Å². The van der Waals surface area contributed by atoms with E-state index in [0.717, 1.165) is 12.1 Å². The van der Waals surface area contributed by atoms with Crippen molar-refractivity contribution < 1.29 is 13.9 Å². The van der Waals surface area contributed by atoms with Crippen LogP contribution in [0, 0.1) is 6.92 Å². The van der Waals surface area contributed by atoms with Crippen LogP contribution < -0.4 is 4.74 Å². The number of amides is 1.